The molecule has 0 fully saturated rings. The zero-order valence-electron chi connectivity index (χ0n) is 14.7. The molecule has 130 valence electrons. The maximum Gasteiger partial charge on any atom is 0.366 e. The van der Waals surface area contributed by atoms with E-state index in [4.69, 9.17) is 9.47 Å². The molecule has 3 rings (SSSR count). The number of nitriles is 1. The Balaban J connectivity index is 2.18. The highest BCUT2D eigenvalue weighted by molar-refractivity contribution is 6.02. The lowest BCUT2D eigenvalue weighted by molar-refractivity contribution is -0.160. The topological polar surface area (TPSA) is 76.4 Å². The minimum atomic E-state index is -1.85. The van der Waals surface area contributed by atoms with Crippen LogP contribution in [-0.4, -0.2) is 24.0 Å². The predicted molar refractivity (Wildman–Crippen MR) is 90.3 cm³/mol. The van der Waals surface area contributed by atoms with E-state index in [2.05, 4.69) is 0 Å². The van der Waals surface area contributed by atoms with Gasteiger partial charge < -0.3 is 9.47 Å². The van der Waals surface area contributed by atoms with Gasteiger partial charge in [-0.15, -0.1) is 0 Å². The maximum absolute atomic E-state index is 12.9. The Labute approximate surface area is 147 Å². The summed E-state index contributed by atoms with van der Waals surface area (Å²) in [4.78, 5) is 25.5. The highest BCUT2D eigenvalue weighted by Crippen LogP contribution is 2.53. The van der Waals surface area contributed by atoms with E-state index < -0.39 is 17.5 Å². The Morgan fingerprint density at radius 1 is 1.32 bits per heavy atom. The number of esters is 1. The van der Waals surface area contributed by atoms with Gasteiger partial charge in [-0.05, 0) is 17.9 Å². The second kappa shape index (κ2) is 6.03. The first-order valence-electron chi connectivity index (χ1n) is 8.43. The first kappa shape index (κ1) is 17.2. The van der Waals surface area contributed by atoms with Gasteiger partial charge >= 0.3 is 11.6 Å². The number of hydrogen-bond donors (Lipinski definition) is 0. The number of nitrogens with zero attached hydrogens (tertiary/aromatic N) is 1. The summed E-state index contributed by atoms with van der Waals surface area (Å²) in [5, 5.41) is 9.89. The first-order valence-corrected chi connectivity index (χ1v) is 8.43. The molecule has 1 aromatic carbocycles. The molecule has 5 heteroatoms. The second-order valence-electron chi connectivity index (χ2n) is 7.29. The molecule has 2 unspecified atom stereocenters. The quantitative estimate of drug-likeness (QED) is 0.790. The number of benzene rings is 1. The van der Waals surface area contributed by atoms with Crippen molar-refractivity contribution in [2.24, 2.45) is 5.41 Å². The number of hydrogen-bond acceptors (Lipinski definition) is 5. The van der Waals surface area contributed by atoms with Crippen LogP contribution in [0, 0.1) is 16.7 Å². The third kappa shape index (κ3) is 2.72. The molecular formula is C20H21NO4. The van der Waals surface area contributed by atoms with Crippen LogP contribution in [0.5, 0.6) is 0 Å². The Bertz CT molecular complexity index is 788. The Hall–Kier alpha value is -2.61. The lowest BCUT2D eigenvalue weighted by Crippen LogP contribution is -2.44. The predicted octanol–water partition coefficient (Wildman–Crippen LogP) is 3.27. The molecular weight excluding hydrogens is 318 g/mol. The minimum absolute atomic E-state index is 0.0680. The SMILES string of the molecule is CCOC(=O)C1(C#N)OC2=C(C(=O)CC(C)(C)C2)C1c1ccccc1. The van der Waals surface area contributed by atoms with E-state index in [9.17, 15) is 14.9 Å². The van der Waals surface area contributed by atoms with Gasteiger partial charge in [-0.25, -0.2) is 4.79 Å². The van der Waals surface area contributed by atoms with Crippen molar-refractivity contribution in [3.63, 3.8) is 0 Å². The third-order valence-corrected chi connectivity index (χ3v) is 4.74. The normalized spacial score (nSPS) is 27.3. The van der Waals surface area contributed by atoms with Crippen LogP contribution in [0.1, 0.15) is 45.1 Å². The Morgan fingerprint density at radius 2 is 2.00 bits per heavy atom. The number of carbonyl (C=O) groups is 2. The first-order chi connectivity index (χ1) is 11.8. The Kier molecular flexibility index (Phi) is 4.16. The molecule has 0 saturated carbocycles. The zero-order valence-corrected chi connectivity index (χ0v) is 14.7. The zero-order chi connectivity index (χ0) is 18.2. The van der Waals surface area contributed by atoms with Crippen LogP contribution >= 0.6 is 0 Å². The molecule has 2 aliphatic rings. The molecule has 1 aliphatic carbocycles. The molecule has 0 bridgehead atoms. The summed E-state index contributed by atoms with van der Waals surface area (Å²) in [6, 6.07) is 11.1. The molecule has 0 spiro atoms. The molecule has 1 heterocycles. The van der Waals surface area contributed by atoms with Crippen LogP contribution in [0.4, 0.5) is 0 Å². The fourth-order valence-corrected chi connectivity index (χ4v) is 3.73. The number of rotatable bonds is 3. The average molecular weight is 339 g/mol. The monoisotopic (exact) mass is 339 g/mol. The summed E-state index contributed by atoms with van der Waals surface area (Å²) in [6.45, 7) is 5.77. The lowest BCUT2D eigenvalue weighted by atomic mass is 9.70. The molecule has 1 aliphatic heterocycles. The molecule has 0 amide bonds. The number of carbonyl (C=O) groups excluding carboxylic acids is 2. The van der Waals surface area contributed by atoms with Crippen molar-refractivity contribution < 1.29 is 19.1 Å². The number of ketones is 1. The standard InChI is InChI=1S/C20H21NO4/c1-4-24-18(23)20(12-21)17(13-8-6-5-7-9-13)16-14(22)10-19(2,3)11-15(16)25-20/h5-9,17H,4,10-11H2,1-3H3. The average Bonchev–Trinajstić information content (AvgIpc) is 2.90. The van der Waals surface area contributed by atoms with Crippen LogP contribution in [0.2, 0.25) is 0 Å². The summed E-state index contributed by atoms with van der Waals surface area (Å²) in [5.74, 6) is -1.13. The van der Waals surface area contributed by atoms with Gasteiger partial charge in [-0.3, -0.25) is 4.79 Å². The fourth-order valence-electron chi connectivity index (χ4n) is 3.73. The van der Waals surface area contributed by atoms with Gasteiger partial charge in [-0.1, -0.05) is 44.2 Å². The largest absolute Gasteiger partial charge is 0.464 e. The number of allylic oxidation sites excluding steroid dienone is 1. The second-order valence-corrected chi connectivity index (χ2v) is 7.29. The van der Waals surface area contributed by atoms with Crippen LogP contribution in [0.25, 0.3) is 0 Å². The van der Waals surface area contributed by atoms with Crippen molar-refractivity contribution in [1.29, 1.82) is 5.26 Å². The van der Waals surface area contributed by atoms with Crippen LogP contribution in [0.3, 0.4) is 0 Å². The van der Waals surface area contributed by atoms with Crippen molar-refractivity contribution in [1.82, 2.24) is 0 Å². The third-order valence-electron chi connectivity index (χ3n) is 4.74. The van der Waals surface area contributed by atoms with E-state index in [0.717, 1.165) is 0 Å². The highest BCUT2D eigenvalue weighted by atomic mass is 16.6. The van der Waals surface area contributed by atoms with Gasteiger partial charge in [0.25, 0.3) is 0 Å². The van der Waals surface area contributed by atoms with E-state index in [1.54, 1.807) is 6.92 Å². The molecule has 0 aromatic heterocycles. The summed E-state index contributed by atoms with van der Waals surface area (Å²) in [7, 11) is 0. The van der Waals surface area contributed by atoms with Crippen molar-refractivity contribution >= 4 is 11.8 Å². The van der Waals surface area contributed by atoms with Crippen LogP contribution in [-0.2, 0) is 19.1 Å². The van der Waals surface area contributed by atoms with Gasteiger partial charge in [-0.2, -0.15) is 5.26 Å². The molecule has 5 nitrogen and oxygen atoms in total. The smallest absolute Gasteiger partial charge is 0.366 e. The maximum atomic E-state index is 12.9. The molecule has 0 N–H and O–H groups in total. The van der Waals surface area contributed by atoms with Crippen molar-refractivity contribution in [2.75, 3.05) is 6.61 Å². The summed E-state index contributed by atoms with van der Waals surface area (Å²) >= 11 is 0. The van der Waals surface area contributed by atoms with Crippen LogP contribution in [0.15, 0.2) is 41.7 Å². The molecule has 25 heavy (non-hydrogen) atoms. The summed E-state index contributed by atoms with van der Waals surface area (Å²) < 4.78 is 11.1. The lowest BCUT2D eigenvalue weighted by Gasteiger charge is -2.29. The molecule has 2 atom stereocenters. The van der Waals surface area contributed by atoms with Gasteiger partial charge in [0.1, 0.15) is 11.8 Å². The van der Waals surface area contributed by atoms with E-state index in [1.165, 1.54) is 0 Å². The van der Waals surface area contributed by atoms with Crippen LogP contribution < -0.4 is 0 Å². The van der Waals surface area contributed by atoms with E-state index in [1.807, 2.05) is 50.2 Å². The van der Waals surface area contributed by atoms with Gasteiger partial charge in [0, 0.05) is 18.4 Å². The number of ether oxygens (including phenoxy) is 2. The highest BCUT2D eigenvalue weighted by Gasteiger charge is 2.61. The number of Topliss-reactive ketones (excluding diaryl/α,β-unsaturated/α-hetero) is 1. The van der Waals surface area contributed by atoms with Gasteiger partial charge in [0.2, 0.25) is 0 Å². The molecule has 0 radical (unpaired) electrons. The summed E-state index contributed by atoms with van der Waals surface area (Å²) in [5.41, 5.74) is -0.967. The van der Waals surface area contributed by atoms with Crippen molar-refractivity contribution in [2.45, 2.75) is 45.1 Å². The van der Waals surface area contributed by atoms with Crippen molar-refractivity contribution in [3.8, 4) is 6.07 Å². The van der Waals surface area contributed by atoms with E-state index in [-0.39, 0.29) is 17.8 Å². The van der Waals surface area contributed by atoms with E-state index >= 15 is 0 Å². The Morgan fingerprint density at radius 3 is 2.60 bits per heavy atom. The molecule has 1 aromatic rings. The minimum Gasteiger partial charge on any atom is -0.464 e. The van der Waals surface area contributed by atoms with Gasteiger partial charge in [0.05, 0.1) is 12.5 Å². The molecule has 0 saturated heterocycles. The summed E-state index contributed by atoms with van der Waals surface area (Å²) in [6.07, 6.45) is 0.878. The van der Waals surface area contributed by atoms with E-state index in [0.29, 0.717) is 29.7 Å². The fraction of sp³-hybridized carbons (Fsp3) is 0.450. The van der Waals surface area contributed by atoms with Crippen molar-refractivity contribution in [3.05, 3.63) is 47.2 Å². The van der Waals surface area contributed by atoms with Gasteiger partial charge in [0.15, 0.2) is 5.78 Å².